The molecule has 1 unspecified atom stereocenters. The molecule has 14 heavy (non-hydrogen) atoms. The zero-order chi connectivity index (χ0) is 10.4. The number of carbonyl (C=O) groups is 1. The van der Waals surface area contributed by atoms with Gasteiger partial charge in [0.05, 0.1) is 11.8 Å². The van der Waals surface area contributed by atoms with Crippen molar-refractivity contribution in [2.24, 2.45) is 0 Å². The van der Waals surface area contributed by atoms with Crippen molar-refractivity contribution in [1.29, 1.82) is 0 Å². The Morgan fingerprint density at radius 2 is 2.50 bits per heavy atom. The van der Waals surface area contributed by atoms with Crippen LogP contribution in [0.2, 0.25) is 0 Å². The van der Waals surface area contributed by atoms with E-state index in [0.29, 0.717) is 0 Å². The van der Waals surface area contributed by atoms with Crippen LogP contribution in [0.3, 0.4) is 0 Å². The predicted molar refractivity (Wildman–Crippen MR) is 64.0 cm³/mol. The Morgan fingerprint density at radius 1 is 1.71 bits per heavy atom. The summed E-state index contributed by atoms with van der Waals surface area (Å²) >= 11 is 5.63. The van der Waals surface area contributed by atoms with Crippen LogP contribution >= 0.6 is 24.0 Å². The molecule has 0 saturated carbocycles. The van der Waals surface area contributed by atoms with Crippen LogP contribution in [-0.4, -0.2) is 11.7 Å². The van der Waals surface area contributed by atoms with Gasteiger partial charge >= 0.3 is 0 Å². The molecule has 0 radical (unpaired) electrons. The largest absolute Gasteiger partial charge is 0.348 e. The third-order valence-electron chi connectivity index (χ3n) is 1.94. The Bertz CT molecular complexity index is 272. The van der Waals surface area contributed by atoms with E-state index in [1.165, 1.54) is 4.88 Å². The van der Waals surface area contributed by atoms with E-state index >= 15 is 0 Å². The van der Waals surface area contributed by atoms with Gasteiger partial charge in [-0.25, -0.2) is 0 Å². The van der Waals surface area contributed by atoms with Crippen LogP contribution in [0.4, 0.5) is 0 Å². The first-order valence-electron chi connectivity index (χ1n) is 4.71. The van der Waals surface area contributed by atoms with Crippen molar-refractivity contribution in [3.8, 4) is 0 Å². The Kier molecular flexibility index (Phi) is 5.04. The van der Waals surface area contributed by atoms with Gasteiger partial charge in [0.2, 0.25) is 5.91 Å². The molecule has 0 aliphatic heterocycles. The summed E-state index contributed by atoms with van der Waals surface area (Å²) in [5, 5.41) is 5.00. The molecule has 1 amide bonds. The molecule has 0 saturated heterocycles. The highest BCUT2D eigenvalue weighted by atomic mass is 32.1. The zero-order valence-corrected chi connectivity index (χ0v) is 9.91. The third kappa shape index (κ3) is 3.35. The molecular weight excluding hydrogens is 214 g/mol. The summed E-state index contributed by atoms with van der Waals surface area (Å²) in [6.45, 7) is 2.12. The fourth-order valence-corrected chi connectivity index (χ4v) is 2.21. The Labute approximate surface area is 94.1 Å². The first-order chi connectivity index (χ1) is 6.77. The van der Waals surface area contributed by atoms with Crippen LogP contribution in [-0.2, 0) is 4.79 Å². The second-order valence-electron chi connectivity index (χ2n) is 3.08. The summed E-state index contributed by atoms with van der Waals surface area (Å²) in [4.78, 5) is 12.4. The lowest BCUT2D eigenvalue weighted by molar-refractivity contribution is -0.119. The van der Waals surface area contributed by atoms with Crippen LogP contribution in [0.15, 0.2) is 17.5 Å². The SMILES string of the molecule is CCCC(NC(=O)CS)c1cccs1. The molecule has 0 aromatic carbocycles. The molecule has 0 aliphatic carbocycles. The highest BCUT2D eigenvalue weighted by Gasteiger charge is 2.13. The molecule has 1 rings (SSSR count). The Balaban J connectivity index is 2.60. The number of hydrogen-bond donors (Lipinski definition) is 2. The second kappa shape index (κ2) is 6.09. The maximum atomic E-state index is 11.2. The van der Waals surface area contributed by atoms with Gasteiger partial charge in [0.25, 0.3) is 0 Å². The molecule has 1 N–H and O–H groups in total. The van der Waals surface area contributed by atoms with Crippen LogP contribution in [0.25, 0.3) is 0 Å². The van der Waals surface area contributed by atoms with Crippen LogP contribution in [0.5, 0.6) is 0 Å². The van der Waals surface area contributed by atoms with Gasteiger partial charge in [0.1, 0.15) is 0 Å². The minimum Gasteiger partial charge on any atom is -0.348 e. The lowest BCUT2D eigenvalue weighted by Gasteiger charge is -2.15. The summed E-state index contributed by atoms with van der Waals surface area (Å²) < 4.78 is 0. The van der Waals surface area contributed by atoms with E-state index in [1.807, 2.05) is 11.4 Å². The molecule has 0 aliphatic rings. The van der Waals surface area contributed by atoms with Crippen LogP contribution in [0.1, 0.15) is 30.7 Å². The van der Waals surface area contributed by atoms with Crippen LogP contribution in [0, 0.1) is 0 Å². The van der Waals surface area contributed by atoms with E-state index in [-0.39, 0.29) is 17.7 Å². The van der Waals surface area contributed by atoms with Gasteiger partial charge in [-0.2, -0.15) is 12.6 Å². The van der Waals surface area contributed by atoms with Gasteiger partial charge in [0.15, 0.2) is 0 Å². The Morgan fingerprint density at radius 3 is 3.00 bits per heavy atom. The minimum atomic E-state index is 0.000170. The van der Waals surface area contributed by atoms with Gasteiger partial charge < -0.3 is 5.32 Å². The summed E-state index contributed by atoms with van der Waals surface area (Å²) in [7, 11) is 0. The molecule has 78 valence electrons. The fraction of sp³-hybridized carbons (Fsp3) is 0.500. The van der Waals surface area contributed by atoms with E-state index in [1.54, 1.807) is 11.3 Å². The zero-order valence-electron chi connectivity index (χ0n) is 8.19. The monoisotopic (exact) mass is 229 g/mol. The van der Waals surface area contributed by atoms with Gasteiger partial charge in [-0.05, 0) is 17.9 Å². The molecule has 0 fully saturated rings. The van der Waals surface area contributed by atoms with Gasteiger partial charge in [-0.15, -0.1) is 11.3 Å². The smallest absolute Gasteiger partial charge is 0.230 e. The summed E-state index contributed by atoms with van der Waals surface area (Å²) in [5.74, 6) is 0.256. The number of nitrogens with one attached hydrogen (secondary N) is 1. The Hall–Kier alpha value is -0.480. The molecule has 1 atom stereocenters. The van der Waals surface area contributed by atoms with E-state index < -0.39 is 0 Å². The topological polar surface area (TPSA) is 29.1 Å². The summed E-state index contributed by atoms with van der Waals surface area (Å²) in [5.41, 5.74) is 0. The van der Waals surface area contributed by atoms with E-state index in [0.717, 1.165) is 12.8 Å². The molecular formula is C10H15NOS2. The molecule has 4 heteroatoms. The summed E-state index contributed by atoms with van der Waals surface area (Å²) in [6.07, 6.45) is 2.05. The van der Waals surface area contributed by atoms with Crippen molar-refractivity contribution < 1.29 is 4.79 Å². The van der Waals surface area contributed by atoms with Crippen LogP contribution < -0.4 is 5.32 Å². The van der Waals surface area contributed by atoms with Crippen molar-refractivity contribution in [1.82, 2.24) is 5.32 Å². The number of thiophene rings is 1. The first kappa shape index (κ1) is 11.6. The van der Waals surface area contributed by atoms with E-state index in [2.05, 4.69) is 30.9 Å². The minimum absolute atomic E-state index is 0.000170. The number of thiol groups is 1. The standard InChI is InChI=1S/C10H15NOS2/c1-2-4-8(11-10(12)7-13)9-5-3-6-14-9/h3,5-6,8,13H,2,4,7H2,1H3,(H,11,12). The van der Waals surface area contributed by atoms with Crippen molar-refractivity contribution in [2.45, 2.75) is 25.8 Å². The number of hydrogen-bond acceptors (Lipinski definition) is 3. The first-order valence-corrected chi connectivity index (χ1v) is 6.22. The molecule has 2 nitrogen and oxygen atoms in total. The summed E-state index contributed by atoms with van der Waals surface area (Å²) in [6, 6.07) is 4.24. The second-order valence-corrected chi connectivity index (χ2v) is 4.38. The fourth-order valence-electron chi connectivity index (χ4n) is 1.30. The van der Waals surface area contributed by atoms with Gasteiger partial charge in [-0.3, -0.25) is 4.79 Å². The van der Waals surface area contributed by atoms with Gasteiger partial charge in [0, 0.05) is 4.88 Å². The normalized spacial score (nSPS) is 12.4. The lowest BCUT2D eigenvalue weighted by atomic mass is 10.1. The number of carbonyl (C=O) groups excluding carboxylic acids is 1. The molecule has 1 aromatic rings. The molecule has 0 bridgehead atoms. The average molecular weight is 229 g/mol. The van der Waals surface area contributed by atoms with Crippen molar-refractivity contribution in [3.05, 3.63) is 22.4 Å². The van der Waals surface area contributed by atoms with E-state index in [4.69, 9.17) is 0 Å². The predicted octanol–water partition coefficient (Wildman–Crippen LogP) is 2.64. The van der Waals surface area contributed by atoms with Gasteiger partial charge in [-0.1, -0.05) is 19.4 Å². The van der Waals surface area contributed by atoms with Crippen molar-refractivity contribution in [3.63, 3.8) is 0 Å². The average Bonchev–Trinajstić information content (AvgIpc) is 2.69. The highest BCUT2D eigenvalue weighted by molar-refractivity contribution is 7.81. The maximum Gasteiger partial charge on any atom is 0.230 e. The van der Waals surface area contributed by atoms with E-state index in [9.17, 15) is 4.79 Å². The van der Waals surface area contributed by atoms with Crippen molar-refractivity contribution in [2.75, 3.05) is 5.75 Å². The highest BCUT2D eigenvalue weighted by Crippen LogP contribution is 2.22. The number of rotatable bonds is 5. The molecule has 1 heterocycles. The third-order valence-corrected chi connectivity index (χ3v) is 3.22. The van der Waals surface area contributed by atoms with Crippen molar-refractivity contribution >= 4 is 29.9 Å². The number of amides is 1. The maximum absolute atomic E-state index is 11.2. The quantitative estimate of drug-likeness (QED) is 0.747. The molecule has 0 spiro atoms. The molecule has 1 aromatic heterocycles. The lowest BCUT2D eigenvalue weighted by Crippen LogP contribution is -2.28.